The van der Waals surface area contributed by atoms with Gasteiger partial charge in [-0.05, 0) is 12.1 Å². The van der Waals surface area contributed by atoms with Crippen LogP contribution >= 0.6 is 0 Å². The van der Waals surface area contributed by atoms with Crippen molar-refractivity contribution in [2.24, 2.45) is 0 Å². The third-order valence-corrected chi connectivity index (χ3v) is 2.56. The first-order valence-electron chi connectivity index (χ1n) is 5.23. The van der Waals surface area contributed by atoms with Crippen LogP contribution in [0.4, 0.5) is 0 Å². The van der Waals surface area contributed by atoms with E-state index in [-0.39, 0.29) is 5.56 Å². The minimum atomic E-state index is -0.164. The number of rotatable bonds is 1. The number of benzene rings is 1. The molecule has 4 nitrogen and oxygen atoms in total. The zero-order chi connectivity index (χ0) is 11.7. The first-order valence-corrected chi connectivity index (χ1v) is 5.23. The van der Waals surface area contributed by atoms with Gasteiger partial charge in [-0.15, -0.1) is 0 Å². The summed E-state index contributed by atoms with van der Waals surface area (Å²) in [7, 11) is 0. The summed E-state index contributed by atoms with van der Waals surface area (Å²) in [4.78, 5) is 22.2. The van der Waals surface area contributed by atoms with Crippen LogP contribution in [0.3, 0.4) is 0 Å². The molecule has 0 fully saturated rings. The maximum absolute atomic E-state index is 11.2. The molecule has 0 atom stereocenters. The van der Waals surface area contributed by atoms with Gasteiger partial charge in [-0.1, -0.05) is 18.2 Å². The molecule has 0 aliphatic rings. The van der Waals surface area contributed by atoms with Gasteiger partial charge in [-0.3, -0.25) is 9.78 Å². The minimum absolute atomic E-state index is 0.164. The van der Waals surface area contributed by atoms with Crippen LogP contribution in [0.1, 0.15) is 0 Å². The van der Waals surface area contributed by atoms with Crippen LogP contribution in [-0.2, 0) is 0 Å². The van der Waals surface area contributed by atoms with E-state index in [1.807, 2.05) is 30.3 Å². The molecule has 2 aromatic heterocycles. The molecule has 4 heteroatoms. The number of fused-ring (bicyclic) bond motifs is 1. The highest BCUT2D eigenvalue weighted by atomic mass is 16.1. The molecule has 0 bridgehead atoms. The monoisotopic (exact) mass is 223 g/mol. The van der Waals surface area contributed by atoms with E-state index in [1.54, 1.807) is 6.20 Å². The predicted molar refractivity (Wildman–Crippen MR) is 65.6 cm³/mol. The Morgan fingerprint density at radius 1 is 1.06 bits per heavy atom. The van der Waals surface area contributed by atoms with Gasteiger partial charge in [-0.25, -0.2) is 4.98 Å². The molecule has 82 valence electrons. The van der Waals surface area contributed by atoms with Crippen molar-refractivity contribution in [3.05, 3.63) is 59.3 Å². The first-order chi connectivity index (χ1) is 8.33. The van der Waals surface area contributed by atoms with Crippen molar-refractivity contribution in [2.45, 2.75) is 0 Å². The van der Waals surface area contributed by atoms with Crippen molar-refractivity contribution in [3.8, 4) is 11.3 Å². The van der Waals surface area contributed by atoms with E-state index in [0.29, 0.717) is 5.69 Å². The molecule has 17 heavy (non-hydrogen) atoms. The molecule has 0 unspecified atom stereocenters. The van der Waals surface area contributed by atoms with E-state index in [9.17, 15) is 4.79 Å². The lowest BCUT2D eigenvalue weighted by molar-refractivity contribution is 1.12. The highest BCUT2D eigenvalue weighted by Crippen LogP contribution is 2.19. The van der Waals surface area contributed by atoms with Gasteiger partial charge in [0, 0.05) is 23.2 Å². The highest BCUT2D eigenvalue weighted by Gasteiger charge is 2.02. The largest absolute Gasteiger partial charge is 0.313 e. The van der Waals surface area contributed by atoms with Crippen molar-refractivity contribution >= 4 is 10.9 Å². The number of aromatic nitrogens is 3. The average Bonchev–Trinajstić information content (AvgIpc) is 2.38. The van der Waals surface area contributed by atoms with Crippen LogP contribution in [0.5, 0.6) is 0 Å². The molecule has 0 amide bonds. The number of nitrogens with one attached hydrogen (secondary N) is 1. The number of nitrogens with zero attached hydrogens (tertiary/aromatic N) is 2. The smallest absolute Gasteiger partial charge is 0.251 e. The van der Waals surface area contributed by atoms with E-state index in [2.05, 4.69) is 15.0 Å². The quantitative estimate of drug-likeness (QED) is 0.686. The van der Waals surface area contributed by atoms with Gasteiger partial charge in [0.15, 0.2) is 0 Å². The Morgan fingerprint density at radius 3 is 2.82 bits per heavy atom. The zero-order valence-electron chi connectivity index (χ0n) is 8.92. The van der Waals surface area contributed by atoms with Crippen LogP contribution in [-0.4, -0.2) is 15.0 Å². The summed E-state index contributed by atoms with van der Waals surface area (Å²) < 4.78 is 0. The van der Waals surface area contributed by atoms with Gasteiger partial charge < -0.3 is 4.98 Å². The van der Waals surface area contributed by atoms with Crippen molar-refractivity contribution in [1.82, 2.24) is 15.0 Å². The Kier molecular flexibility index (Phi) is 2.19. The van der Waals surface area contributed by atoms with Crippen molar-refractivity contribution in [3.63, 3.8) is 0 Å². The van der Waals surface area contributed by atoms with E-state index in [1.165, 1.54) is 12.4 Å². The number of pyridine rings is 1. The minimum Gasteiger partial charge on any atom is -0.313 e. The SMILES string of the molecule is O=c1cc(-c2cnc3ccccc3c2)nc[nH]1. The summed E-state index contributed by atoms with van der Waals surface area (Å²) in [6.45, 7) is 0. The topological polar surface area (TPSA) is 58.6 Å². The number of H-pyrrole nitrogens is 1. The second kappa shape index (κ2) is 3.83. The number of aromatic amines is 1. The van der Waals surface area contributed by atoms with Gasteiger partial charge in [0.25, 0.3) is 5.56 Å². The molecular weight excluding hydrogens is 214 g/mol. The average molecular weight is 223 g/mol. The molecule has 2 heterocycles. The summed E-state index contributed by atoms with van der Waals surface area (Å²) >= 11 is 0. The Bertz CT molecular complexity index is 734. The summed E-state index contributed by atoms with van der Waals surface area (Å²) in [5.74, 6) is 0. The van der Waals surface area contributed by atoms with Crippen molar-refractivity contribution in [1.29, 1.82) is 0 Å². The zero-order valence-corrected chi connectivity index (χ0v) is 8.92. The van der Waals surface area contributed by atoms with Crippen LogP contribution in [0.25, 0.3) is 22.2 Å². The van der Waals surface area contributed by atoms with E-state index >= 15 is 0 Å². The Hall–Kier alpha value is -2.49. The molecule has 0 saturated heterocycles. The third kappa shape index (κ3) is 1.80. The van der Waals surface area contributed by atoms with Crippen molar-refractivity contribution < 1.29 is 0 Å². The van der Waals surface area contributed by atoms with E-state index in [4.69, 9.17) is 0 Å². The van der Waals surface area contributed by atoms with Gasteiger partial charge in [0.2, 0.25) is 0 Å². The van der Waals surface area contributed by atoms with Crippen LogP contribution in [0, 0.1) is 0 Å². The van der Waals surface area contributed by atoms with Gasteiger partial charge >= 0.3 is 0 Å². The lowest BCUT2D eigenvalue weighted by Crippen LogP contribution is -2.04. The molecule has 0 aliphatic heterocycles. The maximum atomic E-state index is 11.2. The summed E-state index contributed by atoms with van der Waals surface area (Å²) in [5, 5.41) is 1.03. The first kappa shape index (κ1) is 9.72. The fraction of sp³-hybridized carbons (Fsp3) is 0. The molecule has 0 radical (unpaired) electrons. The fourth-order valence-corrected chi connectivity index (χ4v) is 1.74. The standard InChI is InChI=1S/C13H9N3O/c17-13-6-12(15-8-16-13)10-5-9-3-1-2-4-11(9)14-7-10/h1-8H,(H,15,16,17). The van der Waals surface area contributed by atoms with Gasteiger partial charge in [0.05, 0.1) is 17.5 Å². The third-order valence-electron chi connectivity index (χ3n) is 2.56. The Balaban J connectivity index is 2.21. The summed E-state index contributed by atoms with van der Waals surface area (Å²) in [6.07, 6.45) is 3.12. The van der Waals surface area contributed by atoms with Gasteiger partial charge in [-0.2, -0.15) is 0 Å². The molecule has 3 rings (SSSR count). The molecule has 0 aliphatic carbocycles. The molecule has 0 spiro atoms. The lowest BCUT2D eigenvalue weighted by Gasteiger charge is -2.01. The predicted octanol–water partition coefficient (Wildman–Crippen LogP) is 1.99. The van der Waals surface area contributed by atoms with Gasteiger partial charge in [0.1, 0.15) is 0 Å². The normalized spacial score (nSPS) is 10.6. The van der Waals surface area contributed by atoms with E-state index < -0.39 is 0 Å². The second-order valence-corrected chi connectivity index (χ2v) is 3.71. The van der Waals surface area contributed by atoms with Crippen LogP contribution in [0.2, 0.25) is 0 Å². The Morgan fingerprint density at radius 2 is 1.94 bits per heavy atom. The second-order valence-electron chi connectivity index (χ2n) is 3.71. The molecule has 1 aromatic carbocycles. The number of para-hydroxylation sites is 1. The Labute approximate surface area is 97.0 Å². The highest BCUT2D eigenvalue weighted by molar-refractivity contribution is 5.82. The summed E-state index contributed by atoms with van der Waals surface area (Å²) in [6, 6.07) is 11.3. The molecule has 1 N–H and O–H groups in total. The van der Waals surface area contributed by atoms with Crippen LogP contribution in [0.15, 0.2) is 53.7 Å². The molecule has 0 saturated carbocycles. The fourth-order valence-electron chi connectivity index (χ4n) is 1.74. The lowest BCUT2D eigenvalue weighted by atomic mass is 10.1. The van der Waals surface area contributed by atoms with E-state index in [0.717, 1.165) is 16.5 Å². The number of hydrogen-bond acceptors (Lipinski definition) is 3. The molecular formula is C13H9N3O. The van der Waals surface area contributed by atoms with Crippen molar-refractivity contribution in [2.75, 3.05) is 0 Å². The molecule has 3 aromatic rings. The summed E-state index contributed by atoms with van der Waals surface area (Å²) in [5.41, 5.74) is 2.24. The maximum Gasteiger partial charge on any atom is 0.251 e. The van der Waals surface area contributed by atoms with Crippen LogP contribution < -0.4 is 5.56 Å². The number of hydrogen-bond donors (Lipinski definition) is 1.